The fraction of sp³-hybridized carbons (Fsp3) is 0.571. The molecule has 0 radical (unpaired) electrons. The molecule has 1 aromatic rings. The van der Waals surface area contributed by atoms with Gasteiger partial charge in [0, 0.05) is 19.7 Å². The lowest BCUT2D eigenvalue weighted by Gasteiger charge is -2.32. The fourth-order valence-electron chi connectivity index (χ4n) is 2.61. The Morgan fingerprint density at radius 1 is 1.42 bits per heavy atom. The van der Waals surface area contributed by atoms with Crippen molar-refractivity contribution in [3.63, 3.8) is 0 Å². The molecule has 2 N–H and O–H groups in total. The monoisotopic (exact) mass is 285 g/mol. The minimum absolute atomic E-state index is 0.0777. The maximum absolute atomic E-state index is 13.5. The number of piperidine rings is 1. The third-order valence-electron chi connectivity index (χ3n) is 3.85. The summed E-state index contributed by atoms with van der Waals surface area (Å²) >= 11 is 5.72. The summed E-state index contributed by atoms with van der Waals surface area (Å²) in [5.41, 5.74) is 7.17. The predicted molar refractivity (Wildman–Crippen MR) is 79.3 cm³/mol. The Hall–Kier alpha value is -1.00. The molecule has 1 aromatic carbocycles. The quantitative estimate of drug-likeness (QED) is 0.867. The zero-order chi connectivity index (χ0) is 14.0. The second kappa shape index (κ2) is 5.97. The number of benzene rings is 1. The highest BCUT2D eigenvalue weighted by atomic mass is 35.5. The van der Waals surface area contributed by atoms with Crippen molar-refractivity contribution in [2.24, 2.45) is 5.92 Å². The maximum Gasteiger partial charge on any atom is 0.144 e. The number of hydrogen-bond acceptors (Lipinski definition) is 3. The molecule has 0 amide bonds. The molecule has 1 aliphatic heterocycles. The summed E-state index contributed by atoms with van der Waals surface area (Å²) in [6, 6.07) is 2.91. The van der Waals surface area contributed by atoms with Crippen LogP contribution in [0.15, 0.2) is 12.1 Å². The first-order valence-electron chi connectivity index (χ1n) is 6.61. The van der Waals surface area contributed by atoms with Crippen LogP contribution >= 0.6 is 11.6 Å². The molecule has 0 atom stereocenters. The number of halogens is 2. The number of hydrogen-bond donors (Lipinski definition) is 1. The molecule has 0 spiro atoms. The second-order valence-corrected chi connectivity index (χ2v) is 5.86. The fourth-order valence-corrected chi connectivity index (χ4v) is 2.78. The van der Waals surface area contributed by atoms with Gasteiger partial charge in [0.25, 0.3) is 0 Å². The molecule has 3 nitrogen and oxygen atoms in total. The minimum Gasteiger partial charge on any atom is -0.397 e. The predicted octanol–water partition coefficient (Wildman–Crippen LogP) is 2.84. The molecule has 2 rings (SSSR count). The van der Waals surface area contributed by atoms with E-state index in [9.17, 15) is 4.39 Å². The van der Waals surface area contributed by atoms with Crippen LogP contribution in [-0.4, -0.2) is 38.6 Å². The third kappa shape index (κ3) is 3.51. The zero-order valence-corrected chi connectivity index (χ0v) is 12.3. The topological polar surface area (TPSA) is 32.5 Å². The molecular formula is C14H21ClFN3. The van der Waals surface area contributed by atoms with Crippen molar-refractivity contribution in [3.05, 3.63) is 23.0 Å². The van der Waals surface area contributed by atoms with Gasteiger partial charge in [-0.1, -0.05) is 11.6 Å². The SMILES string of the molecule is CN1CCC(CN(C)c2cc(F)c(Cl)cc2N)CC1. The Morgan fingerprint density at radius 3 is 2.68 bits per heavy atom. The zero-order valence-electron chi connectivity index (χ0n) is 11.5. The van der Waals surface area contributed by atoms with E-state index in [1.165, 1.54) is 25.0 Å². The summed E-state index contributed by atoms with van der Waals surface area (Å²) in [4.78, 5) is 4.37. The van der Waals surface area contributed by atoms with Gasteiger partial charge in [-0.05, 0) is 45.0 Å². The molecule has 0 bridgehead atoms. The molecule has 1 saturated heterocycles. The largest absolute Gasteiger partial charge is 0.397 e. The van der Waals surface area contributed by atoms with E-state index in [0.717, 1.165) is 25.3 Å². The molecule has 19 heavy (non-hydrogen) atoms. The molecule has 0 unspecified atom stereocenters. The Labute approximate surface area is 119 Å². The summed E-state index contributed by atoms with van der Waals surface area (Å²) in [5.74, 6) is 0.223. The van der Waals surface area contributed by atoms with Crippen LogP contribution in [0.1, 0.15) is 12.8 Å². The van der Waals surface area contributed by atoms with Crippen LogP contribution in [0.25, 0.3) is 0 Å². The van der Waals surface area contributed by atoms with Crippen molar-refractivity contribution < 1.29 is 4.39 Å². The van der Waals surface area contributed by atoms with Crippen molar-refractivity contribution >= 4 is 23.0 Å². The number of rotatable bonds is 3. The summed E-state index contributed by atoms with van der Waals surface area (Å²) < 4.78 is 13.5. The van der Waals surface area contributed by atoms with Crippen LogP contribution in [-0.2, 0) is 0 Å². The highest BCUT2D eigenvalue weighted by Crippen LogP contribution is 2.30. The molecule has 0 aliphatic carbocycles. The van der Waals surface area contributed by atoms with Gasteiger partial charge in [-0.2, -0.15) is 0 Å². The van der Waals surface area contributed by atoms with Crippen molar-refractivity contribution in [1.29, 1.82) is 0 Å². The Balaban J connectivity index is 2.03. The van der Waals surface area contributed by atoms with Crippen molar-refractivity contribution in [1.82, 2.24) is 4.90 Å². The lowest BCUT2D eigenvalue weighted by molar-refractivity contribution is 0.222. The molecule has 1 fully saturated rings. The highest BCUT2D eigenvalue weighted by molar-refractivity contribution is 6.31. The summed E-state index contributed by atoms with van der Waals surface area (Å²) in [5, 5.41) is 0.0777. The van der Waals surface area contributed by atoms with E-state index in [4.69, 9.17) is 17.3 Å². The summed E-state index contributed by atoms with van der Waals surface area (Å²) in [7, 11) is 4.10. The van der Waals surface area contributed by atoms with Crippen LogP contribution in [0.5, 0.6) is 0 Å². The minimum atomic E-state index is -0.416. The van der Waals surface area contributed by atoms with E-state index in [1.54, 1.807) is 0 Å². The van der Waals surface area contributed by atoms with E-state index in [-0.39, 0.29) is 5.02 Å². The molecule has 5 heteroatoms. The maximum atomic E-state index is 13.5. The molecule has 1 aliphatic rings. The highest BCUT2D eigenvalue weighted by Gasteiger charge is 2.19. The van der Waals surface area contributed by atoms with Gasteiger partial charge in [0.05, 0.1) is 16.4 Å². The molecule has 1 heterocycles. The first-order valence-corrected chi connectivity index (χ1v) is 6.99. The van der Waals surface area contributed by atoms with Gasteiger partial charge in [-0.25, -0.2) is 4.39 Å². The van der Waals surface area contributed by atoms with Crippen LogP contribution < -0.4 is 10.6 Å². The second-order valence-electron chi connectivity index (χ2n) is 5.45. The summed E-state index contributed by atoms with van der Waals surface area (Å²) in [6.45, 7) is 3.16. The number of anilines is 2. The average molecular weight is 286 g/mol. The molecule has 106 valence electrons. The standard InChI is InChI=1S/C14H21ClFN3/c1-18-5-3-10(4-6-18)9-19(2)14-8-12(16)11(15)7-13(14)17/h7-8,10H,3-6,9,17H2,1-2H3. The van der Waals surface area contributed by atoms with Gasteiger partial charge in [0.1, 0.15) is 5.82 Å². The lowest BCUT2D eigenvalue weighted by Crippen LogP contribution is -2.35. The van der Waals surface area contributed by atoms with E-state index < -0.39 is 5.82 Å². The first kappa shape index (κ1) is 14.4. The van der Waals surface area contributed by atoms with Crippen LogP contribution in [0.2, 0.25) is 5.02 Å². The van der Waals surface area contributed by atoms with Gasteiger partial charge >= 0.3 is 0 Å². The summed E-state index contributed by atoms with van der Waals surface area (Å²) in [6.07, 6.45) is 2.35. The van der Waals surface area contributed by atoms with Crippen LogP contribution in [0, 0.1) is 11.7 Å². The van der Waals surface area contributed by atoms with Crippen molar-refractivity contribution in [2.75, 3.05) is 44.4 Å². The van der Waals surface area contributed by atoms with Crippen molar-refractivity contribution in [3.8, 4) is 0 Å². The normalized spacial score (nSPS) is 17.7. The first-order chi connectivity index (χ1) is 8.97. The number of likely N-dealkylation sites (tertiary alicyclic amines) is 1. The van der Waals surface area contributed by atoms with Crippen LogP contribution in [0.3, 0.4) is 0 Å². The number of nitrogens with zero attached hydrogens (tertiary/aromatic N) is 2. The molecular weight excluding hydrogens is 265 g/mol. The number of nitrogen functional groups attached to an aromatic ring is 1. The molecule has 0 aromatic heterocycles. The van der Waals surface area contributed by atoms with Crippen molar-refractivity contribution in [2.45, 2.75) is 12.8 Å². The van der Waals surface area contributed by atoms with E-state index in [0.29, 0.717) is 11.6 Å². The number of nitrogens with two attached hydrogens (primary N) is 1. The molecule has 0 saturated carbocycles. The average Bonchev–Trinajstić information content (AvgIpc) is 2.36. The van der Waals surface area contributed by atoms with E-state index in [2.05, 4.69) is 11.9 Å². The van der Waals surface area contributed by atoms with Gasteiger partial charge in [-0.15, -0.1) is 0 Å². The van der Waals surface area contributed by atoms with Crippen LogP contribution in [0.4, 0.5) is 15.8 Å². The Bertz CT molecular complexity index is 445. The smallest absolute Gasteiger partial charge is 0.144 e. The van der Waals surface area contributed by atoms with Gasteiger partial charge in [-0.3, -0.25) is 0 Å². The van der Waals surface area contributed by atoms with Gasteiger partial charge in [0.15, 0.2) is 0 Å². The van der Waals surface area contributed by atoms with Gasteiger partial charge in [0.2, 0.25) is 0 Å². The van der Waals surface area contributed by atoms with E-state index >= 15 is 0 Å². The Kier molecular flexibility index (Phi) is 4.53. The lowest BCUT2D eigenvalue weighted by atomic mass is 9.96. The van der Waals surface area contributed by atoms with E-state index in [1.807, 2.05) is 11.9 Å². The van der Waals surface area contributed by atoms with Gasteiger partial charge < -0.3 is 15.5 Å². The Morgan fingerprint density at radius 2 is 2.05 bits per heavy atom. The third-order valence-corrected chi connectivity index (χ3v) is 4.14.